The first-order valence-electron chi connectivity index (χ1n) is 1.99. The lowest BCUT2D eigenvalue weighted by atomic mass is 10.7. The maximum atomic E-state index is 5.26. The molecule has 1 rings (SSSR count). The summed E-state index contributed by atoms with van der Waals surface area (Å²) in [7, 11) is 0. The van der Waals surface area contributed by atoms with E-state index in [1.165, 1.54) is 6.34 Å². The van der Waals surface area contributed by atoms with E-state index >= 15 is 0 Å². The van der Waals surface area contributed by atoms with Gasteiger partial charge >= 0.3 is 0 Å². The number of nitrogens with two attached hydrogens (primary N) is 2. The van der Waals surface area contributed by atoms with Crippen LogP contribution in [0.15, 0.2) is 15.2 Å². The van der Waals surface area contributed by atoms with Gasteiger partial charge in [0, 0.05) is 0 Å². The second kappa shape index (κ2) is 1.58. The van der Waals surface area contributed by atoms with Crippen molar-refractivity contribution in [2.75, 3.05) is 0 Å². The fourth-order valence-corrected chi connectivity index (χ4v) is 0.320. The van der Waals surface area contributed by atoms with E-state index in [-0.39, 0.29) is 0 Å². The predicted molar refractivity (Wildman–Crippen MR) is 27.6 cm³/mol. The van der Waals surface area contributed by atoms with Gasteiger partial charge in [-0.3, -0.25) is 11.6 Å². The Bertz CT molecular complexity index is 123. The molecule has 0 amide bonds. The standard InChI is InChI=1S/C2H6N6/c3-2(7-4)5-1-6-8-2/h1,7H,3-4H2. The van der Waals surface area contributed by atoms with Crippen LogP contribution in [-0.4, -0.2) is 12.2 Å². The highest BCUT2D eigenvalue weighted by Crippen LogP contribution is 2.02. The molecule has 0 aromatic heterocycles. The van der Waals surface area contributed by atoms with Crippen LogP contribution in [0, 0.1) is 0 Å². The fraction of sp³-hybridized carbons (Fsp3) is 0.500. The van der Waals surface area contributed by atoms with E-state index < -0.39 is 5.91 Å². The molecule has 0 saturated heterocycles. The number of nitrogens with zero attached hydrogens (tertiary/aromatic N) is 3. The molecule has 6 heteroatoms. The van der Waals surface area contributed by atoms with Crippen molar-refractivity contribution < 1.29 is 0 Å². The summed E-state index contributed by atoms with van der Waals surface area (Å²) < 4.78 is 0. The van der Waals surface area contributed by atoms with Crippen LogP contribution in [0.25, 0.3) is 0 Å². The third-order valence-electron chi connectivity index (χ3n) is 0.729. The van der Waals surface area contributed by atoms with Gasteiger partial charge in [-0.05, 0) is 0 Å². The Hall–Kier alpha value is -0.850. The summed E-state index contributed by atoms with van der Waals surface area (Å²) in [5.74, 6) is 3.72. The Morgan fingerprint density at radius 1 is 1.62 bits per heavy atom. The van der Waals surface area contributed by atoms with Crippen LogP contribution in [0.4, 0.5) is 0 Å². The molecule has 44 valence electrons. The zero-order valence-corrected chi connectivity index (χ0v) is 4.07. The van der Waals surface area contributed by atoms with Crippen LogP contribution in [0.2, 0.25) is 0 Å². The molecular weight excluding hydrogens is 108 g/mol. The molecule has 5 N–H and O–H groups in total. The van der Waals surface area contributed by atoms with Crippen LogP contribution in [-0.2, 0) is 0 Å². The van der Waals surface area contributed by atoms with Crippen molar-refractivity contribution in [3.05, 3.63) is 0 Å². The predicted octanol–water partition coefficient (Wildman–Crippen LogP) is -1.49. The minimum absolute atomic E-state index is 1.21. The molecule has 0 fully saturated rings. The molecule has 8 heavy (non-hydrogen) atoms. The molecule has 1 aliphatic heterocycles. The Labute approximate surface area is 45.6 Å². The van der Waals surface area contributed by atoms with Crippen LogP contribution in [0.3, 0.4) is 0 Å². The second-order valence-corrected chi connectivity index (χ2v) is 1.33. The first-order chi connectivity index (χ1) is 3.77. The van der Waals surface area contributed by atoms with Gasteiger partial charge in [0.15, 0.2) is 0 Å². The average molecular weight is 114 g/mol. The van der Waals surface area contributed by atoms with E-state index in [0.29, 0.717) is 0 Å². The molecule has 0 bridgehead atoms. The van der Waals surface area contributed by atoms with Gasteiger partial charge < -0.3 is 0 Å². The quantitative estimate of drug-likeness (QED) is 0.220. The maximum Gasteiger partial charge on any atom is 0.294 e. The molecule has 6 nitrogen and oxygen atoms in total. The summed E-state index contributed by atoms with van der Waals surface area (Å²) in [5.41, 5.74) is 7.42. The third kappa shape index (κ3) is 0.713. The highest BCUT2D eigenvalue weighted by molar-refractivity contribution is 5.56. The number of aliphatic imine (C=N–C) groups is 1. The molecule has 1 heterocycles. The summed E-state index contributed by atoms with van der Waals surface area (Å²) in [6.07, 6.45) is 1.24. The van der Waals surface area contributed by atoms with E-state index in [1.54, 1.807) is 0 Å². The van der Waals surface area contributed by atoms with Crippen LogP contribution < -0.4 is 17.0 Å². The lowest BCUT2D eigenvalue weighted by Gasteiger charge is -2.11. The van der Waals surface area contributed by atoms with Crippen molar-refractivity contribution >= 4 is 6.34 Å². The molecule has 1 atom stereocenters. The maximum absolute atomic E-state index is 5.26. The van der Waals surface area contributed by atoms with Crippen molar-refractivity contribution in [1.82, 2.24) is 5.43 Å². The minimum Gasteiger partial charge on any atom is -0.272 e. The van der Waals surface area contributed by atoms with E-state index in [2.05, 4.69) is 20.6 Å². The summed E-state index contributed by atoms with van der Waals surface area (Å²) in [6.45, 7) is 0. The van der Waals surface area contributed by atoms with Gasteiger partial charge in [-0.25, -0.2) is 4.99 Å². The van der Waals surface area contributed by atoms with Gasteiger partial charge in [-0.2, -0.15) is 5.43 Å². The van der Waals surface area contributed by atoms with Crippen molar-refractivity contribution in [3.63, 3.8) is 0 Å². The Morgan fingerprint density at radius 3 is 2.62 bits per heavy atom. The Kier molecular flexibility index (Phi) is 1.05. The number of nitrogens with one attached hydrogen (secondary N) is 1. The fourth-order valence-electron chi connectivity index (χ4n) is 0.320. The number of hydrogen-bond donors (Lipinski definition) is 3. The van der Waals surface area contributed by atoms with Crippen LogP contribution in [0.1, 0.15) is 0 Å². The van der Waals surface area contributed by atoms with Gasteiger partial charge in [0.1, 0.15) is 6.34 Å². The van der Waals surface area contributed by atoms with Crippen molar-refractivity contribution in [2.24, 2.45) is 26.8 Å². The second-order valence-electron chi connectivity index (χ2n) is 1.33. The number of hydrazine groups is 1. The van der Waals surface area contributed by atoms with E-state index in [0.717, 1.165) is 0 Å². The molecule has 0 aromatic rings. The monoisotopic (exact) mass is 114 g/mol. The molecule has 0 spiro atoms. The van der Waals surface area contributed by atoms with E-state index in [4.69, 9.17) is 11.6 Å². The van der Waals surface area contributed by atoms with Gasteiger partial charge in [0.25, 0.3) is 5.91 Å². The SMILES string of the molecule is NNC1(N)N=CN=N1. The summed E-state index contributed by atoms with van der Waals surface area (Å²) in [4.78, 5) is 3.57. The van der Waals surface area contributed by atoms with Gasteiger partial charge in [-0.1, -0.05) is 0 Å². The van der Waals surface area contributed by atoms with E-state index in [1.807, 2.05) is 0 Å². The topological polar surface area (TPSA) is 101 Å². The largest absolute Gasteiger partial charge is 0.294 e. The lowest BCUT2D eigenvalue weighted by Crippen LogP contribution is -2.52. The molecule has 0 saturated carbocycles. The van der Waals surface area contributed by atoms with Crippen molar-refractivity contribution in [3.8, 4) is 0 Å². The Balaban J connectivity index is 2.69. The molecule has 1 aliphatic rings. The summed E-state index contributed by atoms with van der Waals surface area (Å²) >= 11 is 0. The minimum atomic E-state index is -1.21. The highest BCUT2D eigenvalue weighted by atomic mass is 15.6. The smallest absolute Gasteiger partial charge is 0.272 e. The normalized spacial score (nSPS) is 34.2. The van der Waals surface area contributed by atoms with Crippen molar-refractivity contribution in [1.29, 1.82) is 0 Å². The Morgan fingerprint density at radius 2 is 2.38 bits per heavy atom. The number of azo groups is 1. The highest BCUT2D eigenvalue weighted by Gasteiger charge is 2.22. The zero-order valence-electron chi connectivity index (χ0n) is 4.07. The molecule has 0 aliphatic carbocycles. The van der Waals surface area contributed by atoms with Gasteiger partial charge in [0.2, 0.25) is 0 Å². The lowest BCUT2D eigenvalue weighted by molar-refractivity contribution is 0.373. The molecule has 1 unspecified atom stereocenters. The first kappa shape index (κ1) is 5.29. The zero-order chi connectivity index (χ0) is 6.04. The van der Waals surface area contributed by atoms with E-state index in [9.17, 15) is 0 Å². The third-order valence-corrected chi connectivity index (χ3v) is 0.729. The summed E-state index contributed by atoms with van der Waals surface area (Å²) in [6, 6.07) is 0. The van der Waals surface area contributed by atoms with Crippen molar-refractivity contribution in [2.45, 2.75) is 5.91 Å². The molecule has 0 aromatic carbocycles. The van der Waals surface area contributed by atoms with Gasteiger partial charge in [0.05, 0.1) is 0 Å². The van der Waals surface area contributed by atoms with Crippen LogP contribution in [0.5, 0.6) is 0 Å². The summed E-state index contributed by atoms with van der Waals surface area (Å²) in [5, 5.41) is 6.80. The molecule has 0 radical (unpaired) electrons. The average Bonchev–Trinajstić information content (AvgIpc) is 2.17. The number of rotatable bonds is 1. The first-order valence-corrected chi connectivity index (χ1v) is 1.99. The van der Waals surface area contributed by atoms with Crippen LogP contribution >= 0.6 is 0 Å². The molecular formula is C2H6N6. The van der Waals surface area contributed by atoms with Gasteiger partial charge in [-0.15, -0.1) is 10.2 Å². The number of hydrogen-bond acceptors (Lipinski definition) is 6.